The van der Waals surface area contributed by atoms with E-state index in [4.69, 9.17) is 0 Å². The summed E-state index contributed by atoms with van der Waals surface area (Å²) in [7, 11) is 0. The van der Waals surface area contributed by atoms with Crippen molar-refractivity contribution in [1.82, 2.24) is 0 Å². The van der Waals surface area contributed by atoms with Crippen LogP contribution in [0.2, 0.25) is 0 Å². The first kappa shape index (κ1) is 36.7. The van der Waals surface area contributed by atoms with E-state index >= 15 is 0 Å². The number of nitrogens with zero attached hydrogens (tertiary/aromatic N) is 2. The molecule has 0 bridgehead atoms. The second-order valence-corrected chi connectivity index (χ2v) is 15.9. The van der Waals surface area contributed by atoms with Crippen LogP contribution in [0, 0.1) is 0 Å². The van der Waals surface area contributed by atoms with Crippen LogP contribution in [0.25, 0.3) is 0 Å². The van der Waals surface area contributed by atoms with E-state index in [1.165, 1.54) is 20.9 Å². The lowest BCUT2D eigenvalue weighted by atomic mass is 9.73. The van der Waals surface area contributed by atoms with Gasteiger partial charge in [0.15, 0.2) is 11.6 Å². The molecule has 0 N–H and O–H groups in total. The predicted molar refractivity (Wildman–Crippen MR) is 238 cm³/mol. The van der Waals surface area contributed by atoms with Gasteiger partial charge in [-0.15, -0.1) is 0 Å². The number of benzene rings is 8. The summed E-state index contributed by atoms with van der Waals surface area (Å²) >= 11 is 1.76. The first-order valence-corrected chi connectivity index (χ1v) is 20.3. The molecule has 0 saturated carbocycles. The Balaban J connectivity index is 0.000000151. The molecule has 2 heterocycles. The maximum Gasteiger partial charge on any atom is 0.195 e. The van der Waals surface area contributed by atoms with E-state index < -0.39 is 0 Å². The van der Waals surface area contributed by atoms with Gasteiger partial charge >= 0.3 is 0 Å². The summed E-state index contributed by atoms with van der Waals surface area (Å²) in [4.78, 5) is 33.6. The molecule has 4 nitrogen and oxygen atoms in total. The molecule has 0 atom stereocenters. The zero-order valence-electron chi connectivity index (χ0n) is 32.2. The van der Waals surface area contributed by atoms with Gasteiger partial charge in [-0.05, 0) is 71.8 Å². The second kappa shape index (κ2) is 15.5. The monoisotopic (exact) mass is 768 g/mol. The lowest BCUT2D eigenvalue weighted by Crippen LogP contribution is -2.31. The van der Waals surface area contributed by atoms with Gasteiger partial charge in [-0.25, -0.2) is 0 Å². The molecule has 0 spiro atoms. The number of carbonyl (C=O) groups is 2. The van der Waals surface area contributed by atoms with E-state index in [1.54, 1.807) is 11.8 Å². The van der Waals surface area contributed by atoms with Crippen LogP contribution in [-0.4, -0.2) is 11.6 Å². The minimum absolute atomic E-state index is 0.0318. The lowest BCUT2D eigenvalue weighted by Gasteiger charge is -2.42. The van der Waals surface area contributed by atoms with Crippen molar-refractivity contribution < 1.29 is 9.59 Å². The molecular formula is C53H40N2O2S. The molecule has 8 aromatic rings. The molecule has 0 aliphatic carbocycles. The molecule has 2 aliphatic heterocycles. The molecule has 0 amide bonds. The quantitative estimate of drug-likeness (QED) is 0.158. The Kier molecular flexibility index (Phi) is 9.82. The highest BCUT2D eigenvalue weighted by Crippen LogP contribution is 2.53. The van der Waals surface area contributed by atoms with Crippen molar-refractivity contribution in [2.45, 2.75) is 29.1 Å². The summed E-state index contributed by atoms with van der Waals surface area (Å²) in [6.45, 7) is 4.53. The fraction of sp³-hybridized carbons (Fsp3) is 0.0566. The van der Waals surface area contributed by atoms with E-state index in [2.05, 4.69) is 109 Å². The van der Waals surface area contributed by atoms with Crippen molar-refractivity contribution in [3.8, 4) is 0 Å². The molecule has 10 rings (SSSR count). The smallest absolute Gasteiger partial charge is 0.195 e. The third-order valence-electron chi connectivity index (χ3n) is 10.9. The molecule has 280 valence electrons. The predicted octanol–water partition coefficient (Wildman–Crippen LogP) is 13.9. The molecule has 0 unspecified atom stereocenters. The van der Waals surface area contributed by atoms with Crippen molar-refractivity contribution in [2.75, 3.05) is 9.80 Å². The summed E-state index contributed by atoms with van der Waals surface area (Å²) in [6, 6.07) is 68.4. The number of anilines is 6. The van der Waals surface area contributed by atoms with Gasteiger partial charge in [-0.1, -0.05) is 171 Å². The van der Waals surface area contributed by atoms with E-state index in [0.717, 1.165) is 34.1 Å². The third kappa shape index (κ3) is 6.59. The summed E-state index contributed by atoms with van der Waals surface area (Å²) in [5.41, 5.74) is 11.4. The molecule has 2 aliphatic rings. The van der Waals surface area contributed by atoms with Crippen LogP contribution in [0.15, 0.2) is 216 Å². The van der Waals surface area contributed by atoms with Gasteiger partial charge < -0.3 is 9.80 Å². The van der Waals surface area contributed by atoms with Gasteiger partial charge in [0.05, 0.1) is 34.1 Å². The largest absolute Gasteiger partial charge is 0.309 e. The Labute approximate surface area is 344 Å². The minimum Gasteiger partial charge on any atom is -0.309 e. The van der Waals surface area contributed by atoms with E-state index in [9.17, 15) is 9.59 Å². The Morgan fingerprint density at radius 3 is 1.10 bits per heavy atom. The minimum atomic E-state index is -0.123. The summed E-state index contributed by atoms with van der Waals surface area (Å²) < 4.78 is 0. The van der Waals surface area contributed by atoms with Crippen LogP contribution < -0.4 is 9.80 Å². The molecule has 0 aromatic heterocycles. The summed E-state index contributed by atoms with van der Waals surface area (Å²) in [6.07, 6.45) is 0. The van der Waals surface area contributed by atoms with Crippen molar-refractivity contribution in [3.05, 3.63) is 240 Å². The van der Waals surface area contributed by atoms with Gasteiger partial charge in [0.25, 0.3) is 0 Å². The Hall–Kier alpha value is -6.95. The summed E-state index contributed by atoms with van der Waals surface area (Å²) in [5, 5.41) is 0. The van der Waals surface area contributed by atoms with Gasteiger partial charge in [0, 0.05) is 37.5 Å². The van der Waals surface area contributed by atoms with Crippen LogP contribution in [0.1, 0.15) is 56.8 Å². The number of fused-ring (bicyclic) bond motifs is 4. The second-order valence-electron chi connectivity index (χ2n) is 14.8. The van der Waals surface area contributed by atoms with Crippen LogP contribution in [0.4, 0.5) is 34.1 Å². The van der Waals surface area contributed by atoms with Crippen LogP contribution >= 0.6 is 11.8 Å². The maximum atomic E-state index is 13.4. The summed E-state index contributed by atoms with van der Waals surface area (Å²) in [5.74, 6) is 0.0652. The van der Waals surface area contributed by atoms with E-state index in [-0.39, 0.29) is 17.0 Å². The molecule has 0 saturated heterocycles. The maximum absolute atomic E-state index is 13.4. The highest BCUT2D eigenvalue weighted by atomic mass is 32.2. The first-order chi connectivity index (χ1) is 28.4. The van der Waals surface area contributed by atoms with E-state index in [1.807, 2.05) is 121 Å². The van der Waals surface area contributed by atoms with Gasteiger partial charge in [-0.3, -0.25) is 9.59 Å². The molecule has 5 heteroatoms. The van der Waals surface area contributed by atoms with Gasteiger partial charge in [0.1, 0.15) is 0 Å². The number of rotatable bonds is 6. The Bertz CT molecular complexity index is 2700. The third-order valence-corrected chi connectivity index (χ3v) is 12.1. The first-order valence-electron chi connectivity index (χ1n) is 19.4. The lowest BCUT2D eigenvalue weighted by molar-refractivity contribution is 0.103. The van der Waals surface area contributed by atoms with Crippen molar-refractivity contribution in [3.63, 3.8) is 0 Å². The number of hydrogen-bond acceptors (Lipinski definition) is 5. The number of para-hydroxylation sites is 6. The van der Waals surface area contributed by atoms with E-state index in [0.29, 0.717) is 22.3 Å². The van der Waals surface area contributed by atoms with Crippen molar-refractivity contribution in [1.29, 1.82) is 0 Å². The standard InChI is InChI=1S/C28H23NO.C25H17NOS/c1-28(2)22-15-7-10-18-25(22)29(26-19-11-8-16-23(26)28)24-17-9-6-14-21(24)27(30)20-12-4-3-5-13-20;27-25(18-10-2-1-3-11-18)19-12-4-5-13-20(19)26-21-14-6-8-16-23(21)28-24-17-9-7-15-22(24)26/h3-19H,1-2H3;1-17H. The Morgan fingerprint density at radius 1 is 0.362 bits per heavy atom. The fourth-order valence-electron chi connectivity index (χ4n) is 8.10. The number of ketones is 2. The number of carbonyl (C=O) groups excluding carboxylic acids is 2. The van der Waals surface area contributed by atoms with Crippen LogP contribution in [0.3, 0.4) is 0 Å². The van der Waals surface area contributed by atoms with Crippen molar-refractivity contribution in [2.24, 2.45) is 0 Å². The average Bonchev–Trinajstić information content (AvgIpc) is 3.29. The van der Waals surface area contributed by atoms with Crippen LogP contribution in [-0.2, 0) is 5.41 Å². The molecule has 0 fully saturated rings. The highest BCUT2D eigenvalue weighted by Gasteiger charge is 2.37. The van der Waals surface area contributed by atoms with Gasteiger partial charge in [0.2, 0.25) is 0 Å². The fourth-order valence-corrected chi connectivity index (χ4v) is 9.16. The molecule has 58 heavy (non-hydrogen) atoms. The average molecular weight is 769 g/mol. The Morgan fingerprint density at radius 2 is 0.672 bits per heavy atom. The normalized spacial score (nSPS) is 13.1. The topological polar surface area (TPSA) is 40.6 Å². The SMILES string of the molecule is CC1(C)c2ccccc2N(c2ccccc2C(=O)c2ccccc2)c2ccccc21.O=C(c1ccccc1)c1ccccc1N1c2ccccc2Sc2ccccc21. The zero-order chi connectivity index (χ0) is 39.6. The zero-order valence-corrected chi connectivity index (χ0v) is 33.1. The highest BCUT2D eigenvalue weighted by molar-refractivity contribution is 7.99. The molecule has 0 radical (unpaired) electrons. The van der Waals surface area contributed by atoms with Crippen LogP contribution in [0.5, 0.6) is 0 Å². The molecular weight excluding hydrogens is 729 g/mol. The molecule has 8 aromatic carbocycles. The van der Waals surface area contributed by atoms with Crippen molar-refractivity contribution >= 4 is 57.5 Å². The number of hydrogen-bond donors (Lipinski definition) is 0. The van der Waals surface area contributed by atoms with Gasteiger partial charge in [-0.2, -0.15) is 0 Å².